The van der Waals surface area contributed by atoms with Gasteiger partial charge in [0.1, 0.15) is 17.7 Å². The summed E-state index contributed by atoms with van der Waals surface area (Å²) in [4.78, 5) is 12.2. The number of fused-ring (bicyclic) bond motifs is 1. The summed E-state index contributed by atoms with van der Waals surface area (Å²) in [7, 11) is 0. The Labute approximate surface area is 219 Å². The lowest BCUT2D eigenvalue weighted by Gasteiger charge is -2.36. The summed E-state index contributed by atoms with van der Waals surface area (Å²) in [6.45, 7) is -3.16. The molecule has 0 bridgehead atoms. The first-order chi connectivity index (χ1) is 18.1. The van der Waals surface area contributed by atoms with E-state index >= 15 is 8.78 Å². The van der Waals surface area contributed by atoms with Gasteiger partial charge in [0.2, 0.25) is 5.91 Å². The highest BCUT2D eigenvalue weighted by Crippen LogP contribution is 2.50. The van der Waals surface area contributed by atoms with Crippen LogP contribution in [0.1, 0.15) is 34.3 Å². The summed E-state index contributed by atoms with van der Waals surface area (Å²) in [6, 6.07) is 11.8. The zero-order valence-corrected chi connectivity index (χ0v) is 20.5. The van der Waals surface area contributed by atoms with E-state index in [0.29, 0.717) is 18.4 Å². The van der Waals surface area contributed by atoms with Gasteiger partial charge >= 0.3 is 6.61 Å². The largest absolute Gasteiger partial charge is 0.480 e. The number of ether oxygens (including phenoxy) is 2. The third kappa shape index (κ3) is 4.67. The molecule has 0 aromatic heterocycles. The maximum atomic E-state index is 15.6. The first kappa shape index (κ1) is 26.2. The van der Waals surface area contributed by atoms with Gasteiger partial charge in [0.05, 0.1) is 10.6 Å². The van der Waals surface area contributed by atoms with Crippen molar-refractivity contribution in [3.8, 4) is 22.6 Å². The van der Waals surface area contributed by atoms with Gasteiger partial charge in [-0.3, -0.25) is 4.79 Å². The van der Waals surface area contributed by atoms with E-state index < -0.39 is 57.8 Å². The summed E-state index contributed by atoms with van der Waals surface area (Å²) in [5, 5.41) is 2.74. The van der Waals surface area contributed by atoms with Crippen LogP contribution in [0.15, 0.2) is 48.5 Å². The van der Waals surface area contributed by atoms with Crippen LogP contribution < -0.4 is 20.5 Å². The van der Waals surface area contributed by atoms with Crippen LogP contribution in [0.3, 0.4) is 0 Å². The Balaban J connectivity index is 1.66. The van der Waals surface area contributed by atoms with Crippen LogP contribution >= 0.6 is 11.6 Å². The Morgan fingerprint density at radius 1 is 1.16 bits per heavy atom. The third-order valence-corrected chi connectivity index (χ3v) is 7.32. The topological polar surface area (TPSA) is 73.6 Å². The van der Waals surface area contributed by atoms with E-state index in [0.717, 1.165) is 18.2 Å². The Morgan fingerprint density at radius 2 is 1.87 bits per heavy atom. The molecule has 0 radical (unpaired) electrons. The molecule has 2 aliphatic rings. The smallest absolute Gasteiger partial charge is 0.387 e. The molecule has 3 aromatic carbocycles. The fourth-order valence-electron chi connectivity index (χ4n) is 5.02. The number of rotatable bonds is 8. The average Bonchev–Trinajstić information content (AvgIpc) is 3.23. The molecule has 1 amide bonds. The Bertz CT molecular complexity index is 1390. The standard InChI is InChI=1S/C27H22ClF5N2O3/c28-23-18(30)10-20-17(21(23)22-16(25(34)36)6-7-19(24(22)31)37-26(32)33)11-27(38-20,13-4-2-1-3-5-13)12-35-15-8-14(29)9-15/h1-7,10,14-15,26,35H,8-9,11-12H2,(H2,34,36)/t14?,15?,27-/m1/s1. The minimum absolute atomic E-state index is 0.0273. The molecule has 5 nitrogen and oxygen atoms in total. The monoisotopic (exact) mass is 552 g/mol. The molecule has 0 saturated heterocycles. The summed E-state index contributed by atoms with van der Waals surface area (Å²) in [6.07, 6.45) is -0.168. The van der Waals surface area contributed by atoms with E-state index in [-0.39, 0.29) is 35.9 Å². The maximum absolute atomic E-state index is 15.6. The maximum Gasteiger partial charge on any atom is 0.387 e. The summed E-state index contributed by atoms with van der Waals surface area (Å²) in [5.41, 5.74) is 4.05. The van der Waals surface area contributed by atoms with Gasteiger partial charge in [-0.15, -0.1) is 0 Å². The number of carbonyl (C=O) groups is 1. The number of nitrogens with two attached hydrogens (primary N) is 1. The normalized spacial score (nSPS) is 22.1. The number of alkyl halides is 3. The molecule has 11 heteroatoms. The van der Waals surface area contributed by atoms with Crippen LogP contribution in [0, 0.1) is 11.6 Å². The quantitative estimate of drug-likeness (QED) is 0.341. The zero-order valence-electron chi connectivity index (χ0n) is 19.7. The van der Waals surface area contributed by atoms with E-state index in [1.807, 2.05) is 0 Å². The number of halogens is 6. The molecule has 0 unspecified atom stereocenters. The molecule has 1 atom stereocenters. The highest BCUT2D eigenvalue weighted by atomic mass is 35.5. The molecular formula is C27H22ClF5N2O3. The lowest BCUT2D eigenvalue weighted by atomic mass is 9.84. The number of primary amides is 1. The minimum atomic E-state index is -3.36. The number of hydrogen-bond donors (Lipinski definition) is 2. The summed E-state index contributed by atoms with van der Waals surface area (Å²) < 4.78 is 80.6. The molecule has 0 spiro atoms. The van der Waals surface area contributed by atoms with Gasteiger partial charge in [0.15, 0.2) is 17.2 Å². The Morgan fingerprint density at radius 3 is 2.50 bits per heavy atom. The van der Waals surface area contributed by atoms with Gasteiger partial charge < -0.3 is 20.5 Å². The first-order valence-corrected chi connectivity index (χ1v) is 12.2. The van der Waals surface area contributed by atoms with Gasteiger partial charge in [-0.25, -0.2) is 13.2 Å². The highest BCUT2D eigenvalue weighted by Gasteiger charge is 2.45. The van der Waals surface area contributed by atoms with Crippen molar-refractivity contribution in [1.29, 1.82) is 0 Å². The predicted octanol–water partition coefficient (Wildman–Crippen LogP) is 5.91. The molecule has 3 N–H and O–H groups in total. The van der Waals surface area contributed by atoms with Crippen molar-refractivity contribution >= 4 is 17.5 Å². The van der Waals surface area contributed by atoms with E-state index in [9.17, 15) is 18.0 Å². The van der Waals surface area contributed by atoms with Gasteiger partial charge in [-0.2, -0.15) is 8.78 Å². The van der Waals surface area contributed by atoms with Crippen molar-refractivity contribution in [3.63, 3.8) is 0 Å². The number of benzene rings is 3. The fourth-order valence-corrected chi connectivity index (χ4v) is 5.28. The van der Waals surface area contributed by atoms with Gasteiger partial charge in [0.25, 0.3) is 0 Å². The van der Waals surface area contributed by atoms with Crippen LogP contribution in [-0.2, 0) is 12.0 Å². The molecular weight excluding hydrogens is 531 g/mol. The van der Waals surface area contributed by atoms with E-state index in [1.165, 1.54) is 0 Å². The van der Waals surface area contributed by atoms with Crippen molar-refractivity contribution in [2.75, 3.05) is 6.54 Å². The predicted molar refractivity (Wildman–Crippen MR) is 130 cm³/mol. The number of amides is 1. The number of hydrogen-bond acceptors (Lipinski definition) is 4. The van der Waals surface area contributed by atoms with Gasteiger partial charge in [0, 0.05) is 41.8 Å². The minimum Gasteiger partial charge on any atom is -0.480 e. The second-order valence-corrected chi connectivity index (χ2v) is 9.73. The second-order valence-electron chi connectivity index (χ2n) is 9.35. The van der Waals surface area contributed by atoms with Crippen molar-refractivity contribution in [1.82, 2.24) is 5.32 Å². The molecule has 38 heavy (non-hydrogen) atoms. The first-order valence-electron chi connectivity index (χ1n) is 11.8. The number of carbonyl (C=O) groups excluding carboxylic acids is 1. The van der Waals surface area contributed by atoms with Crippen molar-refractivity contribution in [3.05, 3.63) is 81.9 Å². The molecule has 1 fully saturated rings. The Hall–Kier alpha value is -3.37. The van der Waals surface area contributed by atoms with E-state index in [2.05, 4.69) is 10.1 Å². The molecule has 1 aliphatic carbocycles. The fraction of sp³-hybridized carbons (Fsp3) is 0.296. The van der Waals surface area contributed by atoms with E-state index in [1.54, 1.807) is 30.3 Å². The van der Waals surface area contributed by atoms with Crippen LogP contribution in [0.2, 0.25) is 5.02 Å². The van der Waals surface area contributed by atoms with Crippen LogP contribution in [-0.4, -0.2) is 31.3 Å². The van der Waals surface area contributed by atoms with Crippen LogP contribution in [0.25, 0.3) is 11.1 Å². The van der Waals surface area contributed by atoms with Crippen molar-refractivity contribution < 1.29 is 36.2 Å². The molecule has 1 saturated carbocycles. The van der Waals surface area contributed by atoms with E-state index in [4.69, 9.17) is 22.1 Å². The van der Waals surface area contributed by atoms with Crippen LogP contribution in [0.4, 0.5) is 22.0 Å². The Kier molecular flexibility index (Phi) is 6.96. The van der Waals surface area contributed by atoms with Crippen LogP contribution in [0.5, 0.6) is 11.5 Å². The van der Waals surface area contributed by atoms with Crippen molar-refractivity contribution in [2.45, 2.75) is 43.7 Å². The molecule has 3 aromatic rings. The molecule has 200 valence electrons. The third-order valence-electron chi connectivity index (χ3n) is 6.95. The SMILES string of the molecule is NC(=O)c1ccc(OC(F)F)c(F)c1-c1c(Cl)c(F)cc2c1C[C@@](CNC1CC(F)C1)(c1ccccc1)O2. The lowest BCUT2D eigenvalue weighted by molar-refractivity contribution is -0.0521. The lowest BCUT2D eigenvalue weighted by Crippen LogP contribution is -2.50. The molecule has 1 heterocycles. The highest BCUT2D eigenvalue weighted by molar-refractivity contribution is 6.34. The van der Waals surface area contributed by atoms with Gasteiger partial charge in [-0.05, 0) is 30.5 Å². The molecule has 5 rings (SSSR count). The molecule has 1 aliphatic heterocycles. The zero-order chi connectivity index (χ0) is 27.2. The van der Waals surface area contributed by atoms with Crippen molar-refractivity contribution in [2.24, 2.45) is 5.73 Å². The summed E-state index contributed by atoms with van der Waals surface area (Å²) in [5.74, 6) is -4.26. The second kappa shape index (κ2) is 10.1. The summed E-state index contributed by atoms with van der Waals surface area (Å²) >= 11 is 6.34. The average molecular weight is 553 g/mol. The number of nitrogens with one attached hydrogen (secondary N) is 1. The van der Waals surface area contributed by atoms with Gasteiger partial charge in [-0.1, -0.05) is 41.9 Å².